The van der Waals surface area contributed by atoms with Crippen LogP contribution in [0.2, 0.25) is 0 Å². The standard InChI is InChI=1S/C17H18N6O/c1-23(17-15-16(20-9-19-15)21-10-22-17)8-14(24)18-7-12-6-11-4-2-3-5-13(11)12/h2-5,9-10,12H,6-8H2,1H3,(H,18,24)(H,19,20,21,22)/t12-/m0/s1. The third-order valence-corrected chi connectivity index (χ3v) is 4.45. The summed E-state index contributed by atoms with van der Waals surface area (Å²) in [4.78, 5) is 29.5. The molecular formula is C17H18N6O. The number of anilines is 1. The first-order chi connectivity index (χ1) is 11.7. The van der Waals surface area contributed by atoms with Gasteiger partial charge in [-0.2, -0.15) is 0 Å². The van der Waals surface area contributed by atoms with Crippen LogP contribution in [0, 0.1) is 0 Å². The quantitative estimate of drug-likeness (QED) is 0.738. The van der Waals surface area contributed by atoms with Gasteiger partial charge in [-0.1, -0.05) is 24.3 Å². The third-order valence-electron chi connectivity index (χ3n) is 4.45. The van der Waals surface area contributed by atoms with E-state index in [1.165, 1.54) is 17.5 Å². The molecule has 0 saturated heterocycles. The summed E-state index contributed by atoms with van der Waals surface area (Å²) in [5.74, 6) is 1.07. The van der Waals surface area contributed by atoms with E-state index in [1.807, 2.05) is 13.1 Å². The van der Waals surface area contributed by atoms with Crippen LogP contribution in [0.5, 0.6) is 0 Å². The van der Waals surface area contributed by atoms with Crippen molar-refractivity contribution in [1.82, 2.24) is 25.3 Å². The Labute approximate surface area is 139 Å². The van der Waals surface area contributed by atoms with Gasteiger partial charge in [0.05, 0.1) is 12.9 Å². The van der Waals surface area contributed by atoms with Crippen molar-refractivity contribution < 1.29 is 4.79 Å². The van der Waals surface area contributed by atoms with Gasteiger partial charge in [0.1, 0.15) is 11.8 Å². The molecule has 122 valence electrons. The lowest BCUT2D eigenvalue weighted by Gasteiger charge is -2.30. The Morgan fingerprint density at radius 3 is 3.08 bits per heavy atom. The molecule has 24 heavy (non-hydrogen) atoms. The van der Waals surface area contributed by atoms with Gasteiger partial charge in [-0.15, -0.1) is 0 Å². The number of hydrogen-bond acceptors (Lipinski definition) is 5. The first kappa shape index (κ1) is 14.6. The normalized spacial score (nSPS) is 15.6. The molecule has 4 rings (SSSR count). The van der Waals surface area contributed by atoms with Gasteiger partial charge >= 0.3 is 0 Å². The summed E-state index contributed by atoms with van der Waals surface area (Å²) in [7, 11) is 1.83. The van der Waals surface area contributed by atoms with Gasteiger partial charge in [-0.25, -0.2) is 15.0 Å². The summed E-state index contributed by atoms with van der Waals surface area (Å²) in [5.41, 5.74) is 4.07. The highest BCUT2D eigenvalue weighted by molar-refractivity contribution is 5.87. The maximum absolute atomic E-state index is 12.2. The lowest BCUT2D eigenvalue weighted by atomic mass is 9.77. The molecule has 1 amide bonds. The molecule has 0 radical (unpaired) electrons. The summed E-state index contributed by atoms with van der Waals surface area (Å²) in [6.45, 7) is 0.909. The predicted octanol–water partition coefficient (Wildman–Crippen LogP) is 1.25. The number of aromatic nitrogens is 4. The van der Waals surface area contributed by atoms with Gasteiger partial charge in [0.15, 0.2) is 11.5 Å². The second-order valence-electron chi connectivity index (χ2n) is 6.06. The number of likely N-dealkylation sites (N-methyl/N-ethyl adjacent to an activating group) is 1. The molecule has 7 heteroatoms. The fourth-order valence-electron chi connectivity index (χ4n) is 3.17. The maximum atomic E-state index is 12.2. The van der Waals surface area contributed by atoms with Crippen molar-refractivity contribution in [1.29, 1.82) is 0 Å². The Kier molecular flexibility index (Phi) is 3.60. The van der Waals surface area contributed by atoms with E-state index in [1.54, 1.807) is 11.2 Å². The van der Waals surface area contributed by atoms with E-state index in [0.717, 1.165) is 11.9 Å². The number of carbonyl (C=O) groups is 1. The number of benzene rings is 1. The molecule has 0 unspecified atom stereocenters. The molecular weight excluding hydrogens is 304 g/mol. The average Bonchev–Trinajstić information content (AvgIpc) is 3.04. The van der Waals surface area contributed by atoms with Crippen LogP contribution in [-0.4, -0.2) is 46.0 Å². The molecule has 7 nitrogen and oxygen atoms in total. The van der Waals surface area contributed by atoms with Gasteiger partial charge in [-0.3, -0.25) is 4.79 Å². The Hall–Kier alpha value is -2.96. The minimum atomic E-state index is -0.0202. The predicted molar refractivity (Wildman–Crippen MR) is 90.9 cm³/mol. The summed E-state index contributed by atoms with van der Waals surface area (Å²) >= 11 is 0. The van der Waals surface area contributed by atoms with E-state index in [-0.39, 0.29) is 12.5 Å². The number of aromatic amines is 1. The second kappa shape index (κ2) is 5.92. The molecule has 2 heterocycles. The lowest BCUT2D eigenvalue weighted by Crippen LogP contribution is -2.39. The minimum absolute atomic E-state index is 0.0202. The SMILES string of the molecule is CN(CC(=O)NC[C@@H]1Cc2ccccc21)c1ncnc2nc[nH]c12. The zero-order valence-corrected chi connectivity index (χ0v) is 13.4. The van der Waals surface area contributed by atoms with Crippen LogP contribution >= 0.6 is 0 Å². The van der Waals surface area contributed by atoms with Gasteiger partial charge in [0.2, 0.25) is 5.91 Å². The zero-order chi connectivity index (χ0) is 16.5. The topological polar surface area (TPSA) is 86.8 Å². The van der Waals surface area contributed by atoms with Crippen molar-refractivity contribution in [2.75, 3.05) is 25.0 Å². The fraction of sp³-hybridized carbons (Fsp3) is 0.294. The largest absolute Gasteiger partial charge is 0.354 e. The second-order valence-corrected chi connectivity index (χ2v) is 6.06. The molecule has 0 saturated carbocycles. The number of amides is 1. The number of nitrogens with one attached hydrogen (secondary N) is 2. The minimum Gasteiger partial charge on any atom is -0.354 e. The van der Waals surface area contributed by atoms with E-state index in [0.29, 0.717) is 23.9 Å². The molecule has 1 aromatic carbocycles. The molecule has 2 N–H and O–H groups in total. The van der Waals surface area contributed by atoms with E-state index >= 15 is 0 Å². The molecule has 1 aliphatic carbocycles. The smallest absolute Gasteiger partial charge is 0.239 e. The van der Waals surface area contributed by atoms with Crippen molar-refractivity contribution >= 4 is 22.9 Å². The molecule has 1 atom stereocenters. The van der Waals surface area contributed by atoms with Gasteiger partial charge in [0.25, 0.3) is 0 Å². The number of nitrogens with zero attached hydrogens (tertiary/aromatic N) is 4. The van der Waals surface area contributed by atoms with E-state index in [4.69, 9.17) is 0 Å². The average molecular weight is 322 g/mol. The Balaban J connectivity index is 1.36. The first-order valence-corrected chi connectivity index (χ1v) is 7.92. The maximum Gasteiger partial charge on any atom is 0.239 e. The molecule has 1 aliphatic rings. The first-order valence-electron chi connectivity index (χ1n) is 7.92. The number of imidazole rings is 1. The Morgan fingerprint density at radius 1 is 1.33 bits per heavy atom. The van der Waals surface area contributed by atoms with E-state index in [2.05, 4.69) is 43.5 Å². The molecule has 0 aliphatic heterocycles. The van der Waals surface area contributed by atoms with Crippen molar-refractivity contribution in [2.45, 2.75) is 12.3 Å². The van der Waals surface area contributed by atoms with Crippen LogP contribution in [0.1, 0.15) is 17.0 Å². The number of H-pyrrole nitrogens is 1. The number of carbonyl (C=O) groups excluding carboxylic acids is 1. The third kappa shape index (κ3) is 2.58. The lowest BCUT2D eigenvalue weighted by molar-refractivity contribution is -0.119. The number of rotatable bonds is 5. The molecule has 3 aromatic rings. The highest BCUT2D eigenvalue weighted by atomic mass is 16.2. The van der Waals surface area contributed by atoms with Crippen LogP contribution in [0.3, 0.4) is 0 Å². The molecule has 0 fully saturated rings. The van der Waals surface area contributed by atoms with E-state index in [9.17, 15) is 4.79 Å². The van der Waals surface area contributed by atoms with Gasteiger partial charge in [0, 0.05) is 19.5 Å². The van der Waals surface area contributed by atoms with Crippen LogP contribution < -0.4 is 10.2 Å². The summed E-state index contributed by atoms with van der Waals surface area (Å²) in [6.07, 6.45) is 4.07. The van der Waals surface area contributed by atoms with Crippen molar-refractivity contribution in [3.05, 3.63) is 48.0 Å². The zero-order valence-electron chi connectivity index (χ0n) is 13.4. The fourth-order valence-corrected chi connectivity index (χ4v) is 3.17. The van der Waals surface area contributed by atoms with E-state index < -0.39 is 0 Å². The summed E-state index contributed by atoms with van der Waals surface area (Å²) in [6, 6.07) is 8.38. The Morgan fingerprint density at radius 2 is 2.21 bits per heavy atom. The molecule has 0 spiro atoms. The van der Waals surface area contributed by atoms with Crippen LogP contribution in [0.15, 0.2) is 36.9 Å². The monoisotopic (exact) mass is 322 g/mol. The highest BCUT2D eigenvalue weighted by Crippen LogP contribution is 2.33. The van der Waals surface area contributed by atoms with Crippen LogP contribution in [0.4, 0.5) is 5.82 Å². The molecule has 0 bridgehead atoms. The van der Waals surface area contributed by atoms with Gasteiger partial charge < -0.3 is 15.2 Å². The van der Waals surface area contributed by atoms with Crippen molar-refractivity contribution in [3.63, 3.8) is 0 Å². The summed E-state index contributed by atoms with van der Waals surface area (Å²) < 4.78 is 0. The van der Waals surface area contributed by atoms with Crippen LogP contribution in [0.25, 0.3) is 11.2 Å². The van der Waals surface area contributed by atoms with Crippen molar-refractivity contribution in [3.8, 4) is 0 Å². The number of fused-ring (bicyclic) bond motifs is 2. The highest BCUT2D eigenvalue weighted by Gasteiger charge is 2.25. The Bertz CT molecular complexity index is 889. The number of hydrogen-bond donors (Lipinski definition) is 2. The van der Waals surface area contributed by atoms with Crippen molar-refractivity contribution in [2.24, 2.45) is 0 Å². The van der Waals surface area contributed by atoms with Gasteiger partial charge in [-0.05, 0) is 17.5 Å². The van der Waals surface area contributed by atoms with Crippen LogP contribution in [-0.2, 0) is 11.2 Å². The molecule has 2 aromatic heterocycles. The summed E-state index contributed by atoms with van der Waals surface area (Å²) in [5, 5.41) is 3.02.